The van der Waals surface area contributed by atoms with Gasteiger partial charge in [-0.1, -0.05) is 6.07 Å². The lowest BCUT2D eigenvalue weighted by Gasteiger charge is -2.42. The maximum absolute atomic E-state index is 14.6. The molecule has 2 aromatic heterocycles. The number of ether oxygens (including phenoxy) is 3. The summed E-state index contributed by atoms with van der Waals surface area (Å²) in [5.41, 5.74) is 11.1. The van der Waals surface area contributed by atoms with Crippen LogP contribution in [-0.4, -0.2) is 94.1 Å². The summed E-state index contributed by atoms with van der Waals surface area (Å²) < 4.78 is 35.7. The van der Waals surface area contributed by atoms with Crippen LogP contribution in [0.1, 0.15) is 64.2 Å². The monoisotopic (exact) mass is 668 g/mol. The highest BCUT2D eigenvalue weighted by atomic mass is 35.5. The molecule has 2 saturated heterocycles. The van der Waals surface area contributed by atoms with E-state index in [-0.39, 0.29) is 23.9 Å². The van der Waals surface area contributed by atoms with Crippen molar-refractivity contribution in [1.29, 1.82) is 0 Å². The number of carbonyl (C=O) groups is 1. The molecule has 0 bridgehead atoms. The average molecular weight is 669 g/mol. The predicted octanol–water partition coefficient (Wildman–Crippen LogP) is 3.24. The molecule has 0 aliphatic carbocycles. The minimum atomic E-state index is -0.842. The number of nitrogens with two attached hydrogens (primary N) is 1. The number of amides is 1. The van der Waals surface area contributed by atoms with Crippen molar-refractivity contribution in [3.8, 4) is 6.01 Å². The number of aromatic nitrogens is 4. The van der Waals surface area contributed by atoms with Crippen LogP contribution in [0.2, 0.25) is 0 Å². The number of nitrogens with zero attached hydrogens (tertiary/aromatic N) is 7. The highest BCUT2D eigenvalue weighted by Crippen LogP contribution is 2.44. The van der Waals surface area contributed by atoms with Gasteiger partial charge >= 0.3 is 6.01 Å². The Hall–Kier alpha value is -3.52. The van der Waals surface area contributed by atoms with Gasteiger partial charge in [0.1, 0.15) is 24.2 Å². The third-order valence-electron chi connectivity index (χ3n) is 10.4. The van der Waals surface area contributed by atoms with Gasteiger partial charge in [-0.05, 0) is 55.1 Å². The second-order valence-corrected chi connectivity index (χ2v) is 13.7. The lowest BCUT2D eigenvalue weighted by Crippen LogP contribution is -2.45. The summed E-state index contributed by atoms with van der Waals surface area (Å²) in [7, 11) is 3.46. The van der Waals surface area contributed by atoms with Gasteiger partial charge in [0.05, 0.1) is 43.3 Å². The van der Waals surface area contributed by atoms with E-state index in [0.29, 0.717) is 76.3 Å². The minimum Gasteiger partial charge on any atom is -0.461 e. The van der Waals surface area contributed by atoms with Gasteiger partial charge in [-0.3, -0.25) is 14.4 Å². The Morgan fingerprint density at radius 1 is 1.17 bits per heavy atom. The summed E-state index contributed by atoms with van der Waals surface area (Å²) in [6.45, 7) is 4.84. The fourth-order valence-electron chi connectivity index (χ4n) is 8.08. The van der Waals surface area contributed by atoms with Gasteiger partial charge in [0.25, 0.3) is 5.91 Å². The molecule has 1 unspecified atom stereocenters. The quantitative estimate of drug-likeness (QED) is 0.406. The first-order chi connectivity index (χ1) is 22.2. The number of benzene rings is 1. The molecule has 2 fully saturated rings. The average Bonchev–Trinajstić information content (AvgIpc) is 3.66. The summed E-state index contributed by atoms with van der Waals surface area (Å²) in [6, 6.07) is 8.06. The van der Waals surface area contributed by atoms with E-state index >= 15 is 0 Å². The molecule has 7 heterocycles. The molecule has 3 aromatic rings. The van der Waals surface area contributed by atoms with Gasteiger partial charge in [-0.15, -0.1) is 12.4 Å². The number of hydrogen-bond acceptors (Lipinski definition) is 10. The lowest BCUT2D eigenvalue weighted by molar-refractivity contribution is -0.136. The molecule has 47 heavy (non-hydrogen) atoms. The van der Waals surface area contributed by atoms with E-state index in [0.717, 1.165) is 66.2 Å². The number of hydrogen-bond donors (Lipinski definition) is 1. The SMILES string of the molecule is CN(C)C(=O)c1cc2n(n1)CCCN(c1nc(OC[C@@]34CCCN3C[C@H](F)C4)nc3c1COC1(COCc4ccc(N)cc41)C3)C2.Cl. The van der Waals surface area contributed by atoms with Crippen LogP contribution in [0.3, 0.4) is 0 Å². The Morgan fingerprint density at radius 3 is 2.89 bits per heavy atom. The Labute approximate surface area is 279 Å². The van der Waals surface area contributed by atoms with Gasteiger partial charge in [0.2, 0.25) is 0 Å². The van der Waals surface area contributed by atoms with Crippen molar-refractivity contribution in [3.05, 3.63) is 58.0 Å². The molecular weight excluding hydrogens is 627 g/mol. The summed E-state index contributed by atoms with van der Waals surface area (Å²) in [4.78, 5) is 28.7. The molecule has 1 spiro atoms. The Balaban J connectivity index is 0.00000351. The van der Waals surface area contributed by atoms with Crippen LogP contribution in [0.5, 0.6) is 6.01 Å². The first-order valence-electron chi connectivity index (χ1n) is 16.3. The lowest BCUT2D eigenvalue weighted by atomic mass is 9.82. The summed E-state index contributed by atoms with van der Waals surface area (Å²) in [5.74, 6) is 0.629. The molecule has 0 radical (unpaired) electrons. The molecule has 1 aromatic carbocycles. The molecule has 14 heteroatoms. The van der Waals surface area contributed by atoms with E-state index in [4.69, 9.17) is 29.9 Å². The Morgan fingerprint density at radius 2 is 2.04 bits per heavy atom. The topological polar surface area (TPSA) is 124 Å². The number of anilines is 2. The minimum absolute atomic E-state index is 0. The van der Waals surface area contributed by atoms with Crippen molar-refractivity contribution in [1.82, 2.24) is 29.5 Å². The molecule has 8 rings (SSSR count). The van der Waals surface area contributed by atoms with Crippen molar-refractivity contribution in [2.75, 3.05) is 57.6 Å². The Kier molecular flexibility index (Phi) is 8.30. The van der Waals surface area contributed by atoms with Crippen molar-refractivity contribution < 1.29 is 23.4 Å². The molecule has 1 amide bonds. The zero-order chi connectivity index (χ0) is 31.6. The van der Waals surface area contributed by atoms with E-state index in [1.165, 1.54) is 0 Å². The number of rotatable bonds is 5. The third kappa shape index (κ3) is 5.60. The molecule has 5 aliphatic heterocycles. The number of aryl methyl sites for hydroxylation is 1. The zero-order valence-corrected chi connectivity index (χ0v) is 27.7. The van der Waals surface area contributed by atoms with Gasteiger partial charge in [-0.25, -0.2) is 4.39 Å². The molecule has 3 atom stereocenters. The molecule has 5 aliphatic rings. The molecule has 2 N–H and O–H groups in total. The number of nitrogen functional groups attached to an aromatic ring is 1. The number of halogens is 2. The van der Waals surface area contributed by atoms with E-state index in [1.807, 2.05) is 28.9 Å². The highest BCUT2D eigenvalue weighted by molar-refractivity contribution is 5.92. The van der Waals surface area contributed by atoms with E-state index in [9.17, 15) is 9.18 Å². The van der Waals surface area contributed by atoms with Crippen molar-refractivity contribution >= 4 is 29.8 Å². The van der Waals surface area contributed by atoms with Crippen LogP contribution in [0.25, 0.3) is 0 Å². The second-order valence-electron chi connectivity index (χ2n) is 13.7. The summed E-state index contributed by atoms with van der Waals surface area (Å²) in [6.07, 6.45) is 2.87. The fraction of sp³-hybridized carbons (Fsp3) is 0.576. The predicted molar refractivity (Wildman–Crippen MR) is 174 cm³/mol. The van der Waals surface area contributed by atoms with Crippen molar-refractivity contribution in [3.63, 3.8) is 0 Å². The summed E-state index contributed by atoms with van der Waals surface area (Å²) in [5, 5.41) is 4.62. The second kappa shape index (κ2) is 12.2. The van der Waals surface area contributed by atoms with Crippen LogP contribution in [0.4, 0.5) is 15.9 Å². The first kappa shape index (κ1) is 32.0. The van der Waals surface area contributed by atoms with Gasteiger partial charge < -0.3 is 29.7 Å². The molecule has 12 nitrogen and oxygen atoms in total. The number of alkyl halides is 1. The van der Waals surface area contributed by atoms with Crippen LogP contribution in [0, 0.1) is 0 Å². The highest BCUT2D eigenvalue weighted by Gasteiger charge is 2.50. The summed E-state index contributed by atoms with van der Waals surface area (Å²) >= 11 is 0. The van der Waals surface area contributed by atoms with Crippen LogP contribution >= 0.6 is 12.4 Å². The molecule has 0 saturated carbocycles. The van der Waals surface area contributed by atoms with Gasteiger partial charge in [0, 0.05) is 57.8 Å². The largest absolute Gasteiger partial charge is 0.461 e. The van der Waals surface area contributed by atoms with Gasteiger partial charge in [0.15, 0.2) is 5.69 Å². The Bertz CT molecular complexity index is 1690. The fourth-order valence-corrected chi connectivity index (χ4v) is 8.08. The standard InChI is InChI=1S/C33H41FN8O4.ClH/c1-39(2)30(43)27-12-24-16-40(8-4-10-42(24)38-27)29-25-18-46-33(20-44-17-21-5-6-23(35)11-26(21)33)14-28(25)36-31(37-29)45-19-32-7-3-9-41(32)15-22(34)13-32;/h5-6,11-12,22H,3-4,7-10,13-20,35H2,1-2H3;1H/t22-,32+,33?;/m1./s1. The first-order valence-corrected chi connectivity index (χ1v) is 16.3. The molecule has 252 valence electrons. The van der Waals surface area contributed by atoms with Crippen molar-refractivity contribution in [2.45, 2.75) is 75.7 Å². The number of carbonyl (C=O) groups excluding carboxylic acids is 1. The van der Waals surface area contributed by atoms with Crippen molar-refractivity contribution in [2.24, 2.45) is 0 Å². The van der Waals surface area contributed by atoms with Crippen LogP contribution < -0.4 is 15.4 Å². The van der Waals surface area contributed by atoms with E-state index < -0.39 is 11.8 Å². The molecular formula is C33H42ClFN8O4. The van der Waals surface area contributed by atoms with Gasteiger partial charge in [-0.2, -0.15) is 15.1 Å². The van der Waals surface area contributed by atoms with Crippen LogP contribution in [0.15, 0.2) is 24.3 Å². The zero-order valence-electron chi connectivity index (χ0n) is 26.9. The van der Waals surface area contributed by atoms with E-state index in [2.05, 4.69) is 14.9 Å². The smallest absolute Gasteiger partial charge is 0.318 e. The normalized spacial score (nSPS) is 26.5. The van der Waals surface area contributed by atoms with Crippen LogP contribution in [-0.2, 0) is 47.8 Å². The third-order valence-corrected chi connectivity index (χ3v) is 10.4. The maximum atomic E-state index is 14.6. The number of fused-ring (bicyclic) bond motifs is 5. The van der Waals surface area contributed by atoms with E-state index in [1.54, 1.807) is 19.0 Å². The maximum Gasteiger partial charge on any atom is 0.318 e.